The molecule has 0 aliphatic heterocycles. The first-order valence-corrected chi connectivity index (χ1v) is 6.53. The summed E-state index contributed by atoms with van der Waals surface area (Å²) in [6, 6.07) is 7.74. The molecular formula is C14H21ClO. The van der Waals surface area contributed by atoms with Gasteiger partial charge in [0.1, 0.15) is 0 Å². The fraction of sp³-hybridized carbons (Fsp3) is 0.571. The lowest BCUT2D eigenvalue weighted by Gasteiger charge is -2.11. The van der Waals surface area contributed by atoms with Gasteiger partial charge in [-0.2, -0.15) is 0 Å². The van der Waals surface area contributed by atoms with Crippen LogP contribution >= 0.6 is 11.6 Å². The number of hydrogen-bond donors (Lipinski definition) is 1. The van der Waals surface area contributed by atoms with Gasteiger partial charge in [0.05, 0.1) is 6.10 Å². The van der Waals surface area contributed by atoms with Gasteiger partial charge in [0.15, 0.2) is 0 Å². The minimum Gasteiger partial charge on any atom is -0.393 e. The summed E-state index contributed by atoms with van der Waals surface area (Å²) in [5.41, 5.74) is 1.05. The van der Waals surface area contributed by atoms with Crippen molar-refractivity contribution in [3.8, 4) is 0 Å². The summed E-state index contributed by atoms with van der Waals surface area (Å²) in [7, 11) is 0. The zero-order valence-corrected chi connectivity index (χ0v) is 10.7. The molecule has 1 unspecified atom stereocenters. The van der Waals surface area contributed by atoms with Crippen LogP contribution in [0.4, 0.5) is 0 Å². The highest BCUT2D eigenvalue weighted by Crippen LogP contribution is 2.18. The second-order valence-corrected chi connectivity index (χ2v) is 4.71. The van der Waals surface area contributed by atoms with E-state index >= 15 is 0 Å². The Balaban J connectivity index is 2.28. The molecule has 0 spiro atoms. The molecule has 1 aromatic carbocycles. The number of aliphatic hydroxyl groups excluding tert-OH is 1. The first-order valence-electron chi connectivity index (χ1n) is 6.15. The molecule has 0 bridgehead atoms. The Morgan fingerprint density at radius 2 is 1.94 bits per heavy atom. The molecule has 0 saturated heterocycles. The van der Waals surface area contributed by atoms with E-state index in [1.165, 1.54) is 19.3 Å². The van der Waals surface area contributed by atoms with Crippen LogP contribution in [0.15, 0.2) is 24.3 Å². The molecule has 1 atom stereocenters. The standard InChI is InChI=1S/C14H21ClO/c1-2-3-4-5-9-13(16)11-12-8-6-7-10-14(12)15/h6-8,10,13,16H,2-5,9,11H2,1H3. The number of unbranched alkanes of at least 4 members (excludes halogenated alkanes) is 3. The SMILES string of the molecule is CCCCCCC(O)Cc1ccccc1Cl. The average Bonchev–Trinajstić information content (AvgIpc) is 2.28. The lowest BCUT2D eigenvalue weighted by Crippen LogP contribution is -2.10. The van der Waals surface area contributed by atoms with E-state index in [1.807, 2.05) is 24.3 Å². The molecule has 0 aromatic heterocycles. The fourth-order valence-corrected chi connectivity index (χ4v) is 2.04. The number of hydrogen-bond acceptors (Lipinski definition) is 1. The van der Waals surface area contributed by atoms with E-state index in [-0.39, 0.29) is 6.10 Å². The minimum absolute atomic E-state index is 0.253. The van der Waals surface area contributed by atoms with Crippen LogP contribution in [0.5, 0.6) is 0 Å². The normalized spacial score (nSPS) is 12.7. The van der Waals surface area contributed by atoms with Gasteiger partial charge >= 0.3 is 0 Å². The van der Waals surface area contributed by atoms with Crippen molar-refractivity contribution in [1.82, 2.24) is 0 Å². The van der Waals surface area contributed by atoms with Gasteiger partial charge in [0, 0.05) is 5.02 Å². The van der Waals surface area contributed by atoms with Crippen LogP contribution in [0, 0.1) is 0 Å². The Hall–Kier alpha value is -0.530. The predicted octanol–water partition coefficient (Wildman–Crippen LogP) is 4.21. The number of rotatable bonds is 7. The summed E-state index contributed by atoms with van der Waals surface area (Å²) in [4.78, 5) is 0. The van der Waals surface area contributed by atoms with Gasteiger partial charge in [-0.15, -0.1) is 0 Å². The zero-order valence-electron chi connectivity index (χ0n) is 9.95. The second kappa shape index (κ2) is 7.70. The Bertz CT molecular complexity index is 299. The van der Waals surface area contributed by atoms with Gasteiger partial charge in [0.2, 0.25) is 0 Å². The summed E-state index contributed by atoms with van der Waals surface area (Å²) >= 11 is 6.04. The highest BCUT2D eigenvalue weighted by Gasteiger charge is 2.07. The topological polar surface area (TPSA) is 20.2 Å². The van der Waals surface area contributed by atoms with Crippen molar-refractivity contribution in [1.29, 1.82) is 0 Å². The first-order chi connectivity index (χ1) is 7.74. The van der Waals surface area contributed by atoms with Crippen LogP contribution in [0.1, 0.15) is 44.6 Å². The van der Waals surface area contributed by atoms with Crippen LogP contribution in [0.25, 0.3) is 0 Å². The quantitative estimate of drug-likeness (QED) is 0.708. The van der Waals surface area contributed by atoms with Crippen molar-refractivity contribution in [2.45, 2.75) is 51.6 Å². The number of halogens is 1. The van der Waals surface area contributed by atoms with Crippen LogP contribution in [0.2, 0.25) is 5.02 Å². The molecule has 1 rings (SSSR count). The lowest BCUT2D eigenvalue weighted by molar-refractivity contribution is 0.161. The summed E-state index contributed by atoms with van der Waals surface area (Å²) < 4.78 is 0. The highest BCUT2D eigenvalue weighted by atomic mass is 35.5. The maximum atomic E-state index is 9.87. The van der Waals surface area contributed by atoms with Crippen molar-refractivity contribution in [2.24, 2.45) is 0 Å². The smallest absolute Gasteiger partial charge is 0.0581 e. The fourth-order valence-electron chi connectivity index (χ4n) is 1.83. The molecule has 1 aromatic rings. The van der Waals surface area contributed by atoms with Gasteiger partial charge in [-0.05, 0) is 24.5 Å². The maximum Gasteiger partial charge on any atom is 0.0581 e. The van der Waals surface area contributed by atoms with Crippen molar-refractivity contribution >= 4 is 11.6 Å². The molecule has 90 valence electrons. The first kappa shape index (κ1) is 13.5. The van der Waals surface area contributed by atoms with E-state index < -0.39 is 0 Å². The third-order valence-corrected chi connectivity index (χ3v) is 3.17. The Morgan fingerprint density at radius 3 is 2.62 bits per heavy atom. The van der Waals surface area contributed by atoms with Crippen LogP contribution in [-0.2, 0) is 6.42 Å². The molecule has 2 heteroatoms. The van der Waals surface area contributed by atoms with Crippen molar-refractivity contribution in [3.63, 3.8) is 0 Å². The molecule has 0 saturated carbocycles. The predicted molar refractivity (Wildman–Crippen MR) is 69.9 cm³/mol. The second-order valence-electron chi connectivity index (χ2n) is 4.30. The molecule has 1 N–H and O–H groups in total. The molecule has 0 aliphatic rings. The van der Waals surface area contributed by atoms with Gasteiger partial charge in [0.25, 0.3) is 0 Å². The van der Waals surface area contributed by atoms with Crippen molar-refractivity contribution in [3.05, 3.63) is 34.9 Å². The third kappa shape index (κ3) is 5.00. The van der Waals surface area contributed by atoms with E-state index in [2.05, 4.69) is 6.92 Å². The lowest BCUT2D eigenvalue weighted by atomic mass is 10.0. The summed E-state index contributed by atoms with van der Waals surface area (Å²) in [5, 5.41) is 10.6. The van der Waals surface area contributed by atoms with Gasteiger partial charge in [-0.25, -0.2) is 0 Å². The molecule has 0 heterocycles. The minimum atomic E-state index is -0.253. The molecule has 0 fully saturated rings. The Morgan fingerprint density at radius 1 is 1.19 bits per heavy atom. The zero-order chi connectivity index (χ0) is 11.8. The van der Waals surface area contributed by atoms with Crippen LogP contribution in [0.3, 0.4) is 0 Å². The Labute approximate surface area is 103 Å². The highest BCUT2D eigenvalue weighted by molar-refractivity contribution is 6.31. The average molecular weight is 241 g/mol. The van der Waals surface area contributed by atoms with E-state index in [9.17, 15) is 5.11 Å². The van der Waals surface area contributed by atoms with Crippen LogP contribution in [-0.4, -0.2) is 11.2 Å². The van der Waals surface area contributed by atoms with Gasteiger partial charge in [-0.1, -0.05) is 62.4 Å². The van der Waals surface area contributed by atoms with E-state index in [1.54, 1.807) is 0 Å². The maximum absolute atomic E-state index is 9.87. The van der Waals surface area contributed by atoms with E-state index in [4.69, 9.17) is 11.6 Å². The van der Waals surface area contributed by atoms with E-state index in [0.717, 1.165) is 23.4 Å². The van der Waals surface area contributed by atoms with Crippen LogP contribution < -0.4 is 0 Å². The van der Waals surface area contributed by atoms with Gasteiger partial charge < -0.3 is 5.11 Å². The monoisotopic (exact) mass is 240 g/mol. The van der Waals surface area contributed by atoms with Gasteiger partial charge in [-0.3, -0.25) is 0 Å². The number of aliphatic hydroxyl groups is 1. The molecule has 0 amide bonds. The van der Waals surface area contributed by atoms with Crippen molar-refractivity contribution < 1.29 is 5.11 Å². The summed E-state index contributed by atoms with van der Waals surface area (Å²) in [5.74, 6) is 0. The number of benzene rings is 1. The summed E-state index contributed by atoms with van der Waals surface area (Å²) in [6.45, 7) is 2.19. The molecular weight excluding hydrogens is 220 g/mol. The van der Waals surface area contributed by atoms with E-state index in [0.29, 0.717) is 6.42 Å². The molecule has 1 nitrogen and oxygen atoms in total. The third-order valence-electron chi connectivity index (χ3n) is 2.80. The molecule has 0 aliphatic carbocycles. The Kier molecular flexibility index (Phi) is 6.51. The molecule has 0 radical (unpaired) electrons. The van der Waals surface area contributed by atoms with Crippen molar-refractivity contribution in [2.75, 3.05) is 0 Å². The largest absolute Gasteiger partial charge is 0.393 e. The molecule has 16 heavy (non-hydrogen) atoms. The summed E-state index contributed by atoms with van der Waals surface area (Å²) in [6.07, 6.45) is 6.13.